The Morgan fingerprint density at radius 3 is 2.83 bits per heavy atom. The van der Waals surface area contributed by atoms with Crippen LogP contribution in [0.15, 0.2) is 46.9 Å². The first kappa shape index (κ1) is 15.9. The zero-order chi connectivity index (χ0) is 16.4. The number of furan rings is 1. The fourth-order valence-corrected chi connectivity index (χ4v) is 3.13. The quantitative estimate of drug-likeness (QED) is 0.691. The molecule has 118 valence electrons. The van der Waals surface area contributed by atoms with Crippen molar-refractivity contribution in [3.05, 3.63) is 64.6 Å². The maximum Gasteiger partial charge on any atom is 0.291 e. The molecule has 0 atom stereocenters. The molecule has 0 radical (unpaired) electrons. The minimum Gasteiger partial charge on any atom is -0.451 e. The number of benzene rings is 2. The van der Waals surface area contributed by atoms with Gasteiger partial charge < -0.3 is 9.73 Å². The molecule has 1 amide bonds. The van der Waals surface area contributed by atoms with E-state index in [4.69, 9.17) is 16.0 Å². The number of nitrogens with one attached hydrogen (secondary N) is 1. The molecule has 0 saturated carbocycles. The SMILES string of the molecule is CSCc1c(C(=O)Nc2ccc(F)cc2Cl)oc2ccccc12. The lowest BCUT2D eigenvalue weighted by atomic mass is 10.1. The number of anilines is 1. The molecular formula is C17H13ClFNO2S. The van der Waals surface area contributed by atoms with Gasteiger partial charge in [0.1, 0.15) is 11.4 Å². The summed E-state index contributed by atoms with van der Waals surface area (Å²) in [6.07, 6.45) is 1.96. The number of para-hydroxylation sites is 1. The fourth-order valence-electron chi connectivity index (χ4n) is 2.34. The molecule has 23 heavy (non-hydrogen) atoms. The number of amides is 1. The number of rotatable bonds is 4. The topological polar surface area (TPSA) is 42.2 Å². The Morgan fingerprint density at radius 2 is 2.09 bits per heavy atom. The second-order valence-electron chi connectivity index (χ2n) is 4.92. The number of hydrogen-bond donors (Lipinski definition) is 1. The van der Waals surface area contributed by atoms with Gasteiger partial charge in [-0.1, -0.05) is 29.8 Å². The summed E-state index contributed by atoms with van der Waals surface area (Å²) in [5.74, 6) is 0.0382. The van der Waals surface area contributed by atoms with Gasteiger partial charge in [-0.25, -0.2) is 4.39 Å². The molecule has 3 nitrogen and oxygen atoms in total. The van der Waals surface area contributed by atoms with Crippen molar-refractivity contribution in [2.45, 2.75) is 5.75 Å². The van der Waals surface area contributed by atoms with E-state index in [1.165, 1.54) is 12.1 Å². The number of fused-ring (bicyclic) bond motifs is 1. The fraction of sp³-hybridized carbons (Fsp3) is 0.118. The van der Waals surface area contributed by atoms with Crippen LogP contribution < -0.4 is 5.32 Å². The molecule has 6 heteroatoms. The van der Waals surface area contributed by atoms with Gasteiger partial charge in [0.25, 0.3) is 5.91 Å². The van der Waals surface area contributed by atoms with Crippen molar-refractivity contribution in [2.24, 2.45) is 0 Å². The minimum atomic E-state index is -0.459. The van der Waals surface area contributed by atoms with E-state index in [1.807, 2.05) is 30.5 Å². The number of halogens is 2. The third-order valence-corrected chi connectivity index (χ3v) is 4.26. The molecule has 0 unspecified atom stereocenters. The van der Waals surface area contributed by atoms with Gasteiger partial charge in [0.2, 0.25) is 0 Å². The zero-order valence-electron chi connectivity index (χ0n) is 12.2. The Bertz CT molecular complexity index is 878. The van der Waals surface area contributed by atoms with Crippen LogP contribution in [0, 0.1) is 5.82 Å². The number of hydrogen-bond acceptors (Lipinski definition) is 3. The predicted molar refractivity (Wildman–Crippen MR) is 92.8 cm³/mol. The van der Waals surface area contributed by atoms with E-state index in [2.05, 4.69) is 5.32 Å². The van der Waals surface area contributed by atoms with Crippen LogP contribution in [-0.2, 0) is 5.75 Å². The maximum absolute atomic E-state index is 13.1. The van der Waals surface area contributed by atoms with E-state index in [1.54, 1.807) is 11.8 Å². The Kier molecular flexibility index (Phi) is 4.59. The van der Waals surface area contributed by atoms with Crippen LogP contribution >= 0.6 is 23.4 Å². The molecule has 0 aliphatic heterocycles. The standard InChI is InChI=1S/C17H13ClFNO2S/c1-23-9-12-11-4-2-3-5-15(11)22-16(12)17(21)20-14-7-6-10(19)8-13(14)18/h2-8H,9H2,1H3,(H,20,21). The molecule has 0 aliphatic rings. The summed E-state index contributed by atoms with van der Waals surface area (Å²) in [6.45, 7) is 0. The molecule has 0 aliphatic carbocycles. The molecule has 1 heterocycles. The average Bonchev–Trinajstić information content (AvgIpc) is 2.90. The lowest BCUT2D eigenvalue weighted by Crippen LogP contribution is -2.13. The molecule has 0 bridgehead atoms. The van der Waals surface area contributed by atoms with Crippen molar-refractivity contribution in [1.82, 2.24) is 0 Å². The Hall–Kier alpha value is -1.98. The number of carbonyl (C=O) groups excluding carboxylic acids is 1. The van der Waals surface area contributed by atoms with Crippen molar-refractivity contribution in [3.63, 3.8) is 0 Å². The van der Waals surface area contributed by atoms with E-state index >= 15 is 0 Å². The summed E-state index contributed by atoms with van der Waals surface area (Å²) in [6, 6.07) is 11.3. The van der Waals surface area contributed by atoms with Gasteiger partial charge in [0, 0.05) is 16.7 Å². The van der Waals surface area contributed by atoms with Crippen molar-refractivity contribution < 1.29 is 13.6 Å². The largest absolute Gasteiger partial charge is 0.451 e. The highest BCUT2D eigenvalue weighted by Crippen LogP contribution is 2.30. The van der Waals surface area contributed by atoms with Gasteiger partial charge in [-0.15, -0.1) is 0 Å². The minimum absolute atomic E-state index is 0.140. The summed E-state index contributed by atoms with van der Waals surface area (Å²) < 4.78 is 18.8. The van der Waals surface area contributed by atoms with Gasteiger partial charge >= 0.3 is 0 Å². The first-order chi connectivity index (χ1) is 11.1. The summed E-state index contributed by atoms with van der Waals surface area (Å²) in [5, 5.41) is 3.73. The average molecular weight is 350 g/mol. The molecule has 0 spiro atoms. The molecule has 2 aromatic carbocycles. The summed E-state index contributed by atoms with van der Waals surface area (Å²) in [4.78, 5) is 12.6. The summed E-state index contributed by atoms with van der Waals surface area (Å²) >= 11 is 7.55. The van der Waals surface area contributed by atoms with E-state index in [0.717, 1.165) is 17.0 Å². The van der Waals surface area contributed by atoms with Crippen molar-refractivity contribution >= 4 is 45.9 Å². The van der Waals surface area contributed by atoms with E-state index < -0.39 is 11.7 Å². The lowest BCUT2D eigenvalue weighted by Gasteiger charge is -2.07. The van der Waals surface area contributed by atoms with Gasteiger partial charge in [0.15, 0.2) is 5.76 Å². The molecule has 3 rings (SSSR count). The highest BCUT2D eigenvalue weighted by molar-refractivity contribution is 7.97. The van der Waals surface area contributed by atoms with Crippen LogP contribution in [0.3, 0.4) is 0 Å². The second kappa shape index (κ2) is 6.64. The third kappa shape index (κ3) is 3.21. The second-order valence-corrected chi connectivity index (χ2v) is 6.19. The first-order valence-electron chi connectivity index (χ1n) is 6.86. The van der Waals surface area contributed by atoms with E-state index in [0.29, 0.717) is 17.0 Å². The molecular weight excluding hydrogens is 337 g/mol. The molecule has 0 saturated heterocycles. The van der Waals surface area contributed by atoms with E-state index in [-0.39, 0.29) is 10.8 Å². The molecule has 1 N–H and O–H groups in total. The van der Waals surface area contributed by atoms with Gasteiger partial charge in [0.05, 0.1) is 10.7 Å². The Balaban J connectivity index is 1.98. The van der Waals surface area contributed by atoms with Crippen molar-refractivity contribution in [2.75, 3.05) is 11.6 Å². The van der Waals surface area contributed by atoms with Crippen LogP contribution in [0.5, 0.6) is 0 Å². The van der Waals surface area contributed by atoms with Gasteiger partial charge in [-0.2, -0.15) is 11.8 Å². The number of carbonyl (C=O) groups is 1. The first-order valence-corrected chi connectivity index (χ1v) is 8.63. The smallest absolute Gasteiger partial charge is 0.291 e. The van der Waals surface area contributed by atoms with Crippen molar-refractivity contribution in [1.29, 1.82) is 0 Å². The highest BCUT2D eigenvalue weighted by Gasteiger charge is 2.20. The normalized spacial score (nSPS) is 10.9. The number of thioether (sulfide) groups is 1. The maximum atomic E-state index is 13.1. The zero-order valence-corrected chi connectivity index (χ0v) is 13.8. The summed E-state index contributed by atoms with van der Waals surface area (Å²) in [5.41, 5.74) is 1.84. The molecule has 0 fully saturated rings. The Morgan fingerprint density at radius 1 is 1.30 bits per heavy atom. The molecule has 3 aromatic rings. The van der Waals surface area contributed by atoms with E-state index in [9.17, 15) is 9.18 Å². The third-order valence-electron chi connectivity index (χ3n) is 3.37. The van der Waals surface area contributed by atoms with Gasteiger partial charge in [-0.3, -0.25) is 4.79 Å². The van der Waals surface area contributed by atoms with Crippen molar-refractivity contribution in [3.8, 4) is 0 Å². The highest BCUT2D eigenvalue weighted by atomic mass is 35.5. The monoisotopic (exact) mass is 349 g/mol. The van der Waals surface area contributed by atoms with Crippen LogP contribution in [0.25, 0.3) is 11.0 Å². The van der Waals surface area contributed by atoms with Gasteiger partial charge in [-0.05, 0) is 30.5 Å². The van der Waals surface area contributed by atoms with Crippen LogP contribution in [0.2, 0.25) is 5.02 Å². The van der Waals surface area contributed by atoms with Crippen LogP contribution in [0.1, 0.15) is 16.1 Å². The predicted octanol–water partition coefficient (Wildman–Crippen LogP) is 5.34. The lowest BCUT2D eigenvalue weighted by molar-refractivity contribution is 0.0998. The summed E-state index contributed by atoms with van der Waals surface area (Å²) in [7, 11) is 0. The molecule has 1 aromatic heterocycles. The van der Waals surface area contributed by atoms with Crippen LogP contribution in [-0.4, -0.2) is 12.2 Å². The Labute approximate surface area is 141 Å². The van der Waals surface area contributed by atoms with Crippen LogP contribution in [0.4, 0.5) is 10.1 Å².